The monoisotopic (exact) mass is 359 g/mol. The topological polar surface area (TPSA) is 94.1 Å². The summed E-state index contributed by atoms with van der Waals surface area (Å²) in [6, 6.07) is 14.3. The molecule has 0 aliphatic heterocycles. The molecule has 1 amide bonds. The molecule has 138 valence electrons. The Bertz CT molecular complexity index is 717. The van der Waals surface area contributed by atoms with Crippen molar-refractivity contribution in [3.05, 3.63) is 65.7 Å². The van der Waals surface area contributed by atoms with Crippen LogP contribution in [0.5, 0.6) is 5.75 Å². The van der Waals surface area contributed by atoms with Crippen LogP contribution in [0, 0.1) is 0 Å². The highest BCUT2D eigenvalue weighted by Gasteiger charge is 2.31. The molecule has 2 atom stereocenters. The van der Waals surface area contributed by atoms with E-state index in [-0.39, 0.29) is 6.61 Å². The maximum Gasteiger partial charge on any atom is 0.408 e. The Hall–Kier alpha value is -3.06. The molecule has 0 spiro atoms. The minimum Gasteiger partial charge on any atom is -0.497 e. The van der Waals surface area contributed by atoms with Crippen LogP contribution >= 0.6 is 0 Å². The first-order chi connectivity index (χ1) is 12.5. The number of aliphatic hydroxyl groups excluding tert-OH is 1. The summed E-state index contributed by atoms with van der Waals surface area (Å²) in [5.74, 6) is -0.184. The SMILES string of the molecule is COC(=O)[C@@H](NC(=O)OCc1ccccc1)C(O)c1ccc(OC)cc1. The van der Waals surface area contributed by atoms with Crippen LogP contribution in [-0.2, 0) is 20.9 Å². The van der Waals surface area contributed by atoms with E-state index in [9.17, 15) is 14.7 Å². The fourth-order valence-corrected chi connectivity index (χ4v) is 2.28. The fourth-order valence-electron chi connectivity index (χ4n) is 2.28. The van der Waals surface area contributed by atoms with Crippen LogP contribution in [0.1, 0.15) is 17.2 Å². The zero-order valence-electron chi connectivity index (χ0n) is 14.5. The number of alkyl carbamates (subject to hydrolysis) is 1. The van der Waals surface area contributed by atoms with E-state index < -0.39 is 24.2 Å². The van der Waals surface area contributed by atoms with Crippen molar-refractivity contribution < 1.29 is 28.9 Å². The first-order valence-corrected chi connectivity index (χ1v) is 7.92. The highest BCUT2D eigenvalue weighted by molar-refractivity contribution is 5.82. The van der Waals surface area contributed by atoms with Crippen molar-refractivity contribution in [3.63, 3.8) is 0 Å². The minimum absolute atomic E-state index is 0.0409. The highest BCUT2D eigenvalue weighted by Crippen LogP contribution is 2.21. The van der Waals surface area contributed by atoms with Gasteiger partial charge in [0, 0.05) is 0 Å². The second kappa shape index (κ2) is 9.43. The van der Waals surface area contributed by atoms with Crippen LogP contribution in [0.25, 0.3) is 0 Å². The molecule has 2 aromatic carbocycles. The first kappa shape index (κ1) is 19.3. The minimum atomic E-state index is -1.31. The number of carbonyl (C=O) groups is 2. The lowest BCUT2D eigenvalue weighted by Crippen LogP contribution is -2.45. The quantitative estimate of drug-likeness (QED) is 0.736. The maximum atomic E-state index is 12.0. The number of hydrogen-bond acceptors (Lipinski definition) is 6. The van der Waals surface area contributed by atoms with Crippen LogP contribution in [0.4, 0.5) is 4.79 Å². The molecule has 0 radical (unpaired) electrons. The van der Waals surface area contributed by atoms with E-state index in [1.54, 1.807) is 36.4 Å². The predicted molar refractivity (Wildman–Crippen MR) is 93.5 cm³/mol. The summed E-state index contributed by atoms with van der Waals surface area (Å²) < 4.78 is 14.8. The third kappa shape index (κ3) is 5.22. The average molecular weight is 359 g/mol. The number of benzene rings is 2. The molecule has 0 aliphatic carbocycles. The van der Waals surface area contributed by atoms with Crippen LogP contribution < -0.4 is 10.1 Å². The number of rotatable bonds is 7. The lowest BCUT2D eigenvalue weighted by atomic mass is 10.0. The Morgan fingerprint density at radius 2 is 1.69 bits per heavy atom. The zero-order chi connectivity index (χ0) is 18.9. The van der Waals surface area contributed by atoms with Gasteiger partial charge in [0.05, 0.1) is 14.2 Å². The Balaban J connectivity index is 2.03. The van der Waals surface area contributed by atoms with Crippen molar-refractivity contribution in [2.24, 2.45) is 0 Å². The van der Waals surface area contributed by atoms with Crippen LogP contribution in [0.15, 0.2) is 54.6 Å². The predicted octanol–water partition coefficient (Wildman–Crippen LogP) is 2.20. The van der Waals surface area contributed by atoms with Gasteiger partial charge in [0.1, 0.15) is 18.5 Å². The summed E-state index contributed by atoms with van der Waals surface area (Å²) in [5.41, 5.74) is 1.22. The average Bonchev–Trinajstić information content (AvgIpc) is 2.70. The summed E-state index contributed by atoms with van der Waals surface area (Å²) in [6.07, 6.45) is -2.14. The standard InChI is InChI=1S/C19H21NO6/c1-24-15-10-8-14(9-11-15)17(21)16(18(22)25-2)20-19(23)26-12-13-6-4-3-5-7-13/h3-11,16-17,21H,12H2,1-2H3,(H,20,23)/t16-,17?/m0/s1. The van der Waals surface area contributed by atoms with E-state index in [2.05, 4.69) is 10.1 Å². The molecular weight excluding hydrogens is 338 g/mol. The zero-order valence-corrected chi connectivity index (χ0v) is 14.5. The van der Waals surface area contributed by atoms with E-state index in [0.29, 0.717) is 11.3 Å². The summed E-state index contributed by atoms with van der Waals surface area (Å²) in [7, 11) is 2.69. The molecule has 2 rings (SSSR count). The largest absolute Gasteiger partial charge is 0.497 e. The van der Waals surface area contributed by atoms with Gasteiger partial charge in [-0.3, -0.25) is 0 Å². The number of nitrogens with one attached hydrogen (secondary N) is 1. The van der Waals surface area contributed by atoms with Gasteiger partial charge >= 0.3 is 12.1 Å². The molecule has 0 aromatic heterocycles. The maximum absolute atomic E-state index is 12.0. The van der Waals surface area contributed by atoms with Crippen molar-refractivity contribution in [2.45, 2.75) is 18.8 Å². The molecule has 7 heteroatoms. The van der Waals surface area contributed by atoms with Gasteiger partial charge in [0.2, 0.25) is 0 Å². The van der Waals surface area contributed by atoms with Crippen molar-refractivity contribution >= 4 is 12.1 Å². The summed E-state index contributed by atoms with van der Waals surface area (Å²) in [4.78, 5) is 24.0. The smallest absolute Gasteiger partial charge is 0.408 e. The third-order valence-corrected chi connectivity index (χ3v) is 3.71. The molecule has 2 aromatic rings. The second-order valence-electron chi connectivity index (χ2n) is 5.42. The van der Waals surface area contributed by atoms with E-state index in [1.165, 1.54) is 14.2 Å². The van der Waals surface area contributed by atoms with Gasteiger partial charge < -0.3 is 24.6 Å². The number of amides is 1. The van der Waals surface area contributed by atoms with Crippen molar-refractivity contribution in [1.82, 2.24) is 5.32 Å². The van der Waals surface area contributed by atoms with Crippen molar-refractivity contribution in [1.29, 1.82) is 0 Å². The molecule has 1 unspecified atom stereocenters. The Morgan fingerprint density at radius 1 is 1.04 bits per heavy atom. The first-order valence-electron chi connectivity index (χ1n) is 7.92. The van der Waals surface area contributed by atoms with Gasteiger partial charge in [-0.05, 0) is 23.3 Å². The third-order valence-electron chi connectivity index (χ3n) is 3.71. The molecule has 0 saturated carbocycles. The van der Waals surface area contributed by atoms with Gasteiger partial charge in [-0.2, -0.15) is 0 Å². The normalized spacial score (nSPS) is 12.6. The number of carbonyl (C=O) groups excluding carboxylic acids is 2. The van der Waals surface area contributed by atoms with E-state index in [4.69, 9.17) is 9.47 Å². The van der Waals surface area contributed by atoms with Crippen LogP contribution in [0.2, 0.25) is 0 Å². The van der Waals surface area contributed by atoms with Gasteiger partial charge in [0.25, 0.3) is 0 Å². The number of aliphatic hydroxyl groups is 1. The number of methoxy groups -OCH3 is 2. The van der Waals surface area contributed by atoms with Gasteiger partial charge in [-0.15, -0.1) is 0 Å². The van der Waals surface area contributed by atoms with Gasteiger partial charge in [0.15, 0.2) is 6.04 Å². The Morgan fingerprint density at radius 3 is 2.27 bits per heavy atom. The van der Waals surface area contributed by atoms with Crippen LogP contribution in [-0.4, -0.2) is 37.4 Å². The lowest BCUT2D eigenvalue weighted by molar-refractivity contribution is -0.146. The lowest BCUT2D eigenvalue weighted by Gasteiger charge is -2.22. The molecule has 0 heterocycles. The Kier molecular flexibility index (Phi) is 6.99. The van der Waals surface area contributed by atoms with Crippen LogP contribution in [0.3, 0.4) is 0 Å². The van der Waals surface area contributed by atoms with E-state index in [1.807, 2.05) is 18.2 Å². The fraction of sp³-hybridized carbons (Fsp3) is 0.263. The molecule has 2 N–H and O–H groups in total. The molecular formula is C19H21NO6. The molecule has 0 saturated heterocycles. The summed E-state index contributed by atoms with van der Waals surface area (Å²) in [5, 5.41) is 12.8. The number of hydrogen-bond donors (Lipinski definition) is 2. The second-order valence-corrected chi connectivity index (χ2v) is 5.42. The van der Waals surface area contributed by atoms with E-state index >= 15 is 0 Å². The van der Waals surface area contributed by atoms with Gasteiger partial charge in [-0.25, -0.2) is 9.59 Å². The van der Waals surface area contributed by atoms with Crippen molar-refractivity contribution in [2.75, 3.05) is 14.2 Å². The van der Waals surface area contributed by atoms with Crippen molar-refractivity contribution in [3.8, 4) is 5.75 Å². The van der Waals surface area contributed by atoms with E-state index in [0.717, 1.165) is 5.56 Å². The highest BCUT2D eigenvalue weighted by atomic mass is 16.6. The number of ether oxygens (including phenoxy) is 3. The molecule has 0 aliphatic rings. The molecule has 0 bridgehead atoms. The molecule has 26 heavy (non-hydrogen) atoms. The Labute approximate surface area is 151 Å². The molecule has 0 fully saturated rings. The van der Waals surface area contributed by atoms with Gasteiger partial charge in [-0.1, -0.05) is 42.5 Å². The summed E-state index contributed by atoms with van der Waals surface area (Å²) >= 11 is 0. The molecule has 7 nitrogen and oxygen atoms in total. The number of esters is 1. The summed E-state index contributed by atoms with van der Waals surface area (Å²) in [6.45, 7) is 0.0409.